The smallest absolute Gasteiger partial charge is 0.324 e. The van der Waals surface area contributed by atoms with Gasteiger partial charge in [0.1, 0.15) is 5.82 Å². The van der Waals surface area contributed by atoms with Crippen LogP contribution in [0.2, 0.25) is 0 Å². The molecule has 1 saturated heterocycles. The molecular formula is C18H19F3N4O. The van der Waals surface area contributed by atoms with Gasteiger partial charge in [-0.3, -0.25) is 0 Å². The van der Waals surface area contributed by atoms with Gasteiger partial charge in [0.05, 0.1) is 11.3 Å². The van der Waals surface area contributed by atoms with Crippen molar-refractivity contribution in [3.63, 3.8) is 0 Å². The number of likely N-dealkylation sites (tertiary alicyclic amines) is 1. The molecule has 0 radical (unpaired) electrons. The monoisotopic (exact) mass is 364 g/mol. The Kier molecular flexibility index (Phi) is 5.11. The Labute approximate surface area is 149 Å². The number of hydrogen-bond acceptors (Lipinski definition) is 3. The lowest BCUT2D eigenvalue weighted by Crippen LogP contribution is -2.41. The van der Waals surface area contributed by atoms with Gasteiger partial charge >= 0.3 is 12.2 Å². The van der Waals surface area contributed by atoms with Crippen LogP contribution in [0, 0.1) is 6.92 Å². The second-order valence-corrected chi connectivity index (χ2v) is 6.26. The summed E-state index contributed by atoms with van der Waals surface area (Å²) >= 11 is 0. The van der Waals surface area contributed by atoms with E-state index >= 15 is 0 Å². The Morgan fingerprint density at radius 2 is 1.88 bits per heavy atom. The fourth-order valence-corrected chi connectivity index (χ4v) is 3.11. The van der Waals surface area contributed by atoms with Crippen molar-refractivity contribution in [2.24, 2.45) is 0 Å². The third-order valence-electron chi connectivity index (χ3n) is 4.47. The number of benzene rings is 1. The average molecular weight is 364 g/mol. The zero-order valence-corrected chi connectivity index (χ0v) is 14.3. The van der Waals surface area contributed by atoms with Crippen LogP contribution in [0.15, 0.2) is 36.5 Å². The van der Waals surface area contributed by atoms with E-state index in [0.29, 0.717) is 31.8 Å². The van der Waals surface area contributed by atoms with Crippen molar-refractivity contribution in [1.82, 2.24) is 14.9 Å². The molecule has 2 heterocycles. The number of anilines is 1. The normalized spacial score (nSPS) is 15.8. The molecule has 1 N–H and O–H groups in total. The lowest BCUT2D eigenvalue weighted by Gasteiger charge is -2.32. The number of aromatic nitrogens is 2. The highest BCUT2D eigenvalue weighted by atomic mass is 19.4. The summed E-state index contributed by atoms with van der Waals surface area (Å²) in [6, 6.07) is 6.34. The van der Waals surface area contributed by atoms with E-state index in [2.05, 4.69) is 15.3 Å². The van der Waals surface area contributed by atoms with Gasteiger partial charge in [0, 0.05) is 30.9 Å². The molecule has 0 spiro atoms. The van der Waals surface area contributed by atoms with E-state index in [4.69, 9.17) is 0 Å². The van der Waals surface area contributed by atoms with Crippen LogP contribution >= 0.6 is 0 Å². The van der Waals surface area contributed by atoms with Crippen molar-refractivity contribution in [1.29, 1.82) is 0 Å². The first-order valence-electron chi connectivity index (χ1n) is 8.36. The molecule has 0 aliphatic carbocycles. The van der Waals surface area contributed by atoms with Gasteiger partial charge in [0.2, 0.25) is 0 Å². The highest BCUT2D eigenvalue weighted by Crippen LogP contribution is 2.35. The molecule has 0 atom stereocenters. The first-order chi connectivity index (χ1) is 12.3. The summed E-state index contributed by atoms with van der Waals surface area (Å²) in [7, 11) is 0. The number of nitrogens with zero attached hydrogens (tertiary/aromatic N) is 3. The Hall–Kier alpha value is -2.64. The molecule has 1 fully saturated rings. The van der Waals surface area contributed by atoms with Crippen molar-refractivity contribution in [2.75, 3.05) is 18.4 Å². The zero-order valence-electron chi connectivity index (χ0n) is 14.3. The Morgan fingerprint density at radius 1 is 1.19 bits per heavy atom. The minimum Gasteiger partial charge on any atom is -0.324 e. The molecule has 2 amide bonds. The Morgan fingerprint density at radius 3 is 2.54 bits per heavy atom. The fraction of sp³-hybridized carbons (Fsp3) is 0.389. The van der Waals surface area contributed by atoms with Gasteiger partial charge in [0.15, 0.2) is 0 Å². The number of aryl methyl sites for hydroxylation is 1. The van der Waals surface area contributed by atoms with Crippen LogP contribution in [-0.4, -0.2) is 34.0 Å². The van der Waals surface area contributed by atoms with E-state index in [1.165, 1.54) is 23.1 Å². The predicted octanol–water partition coefficient (Wildman–Crippen LogP) is 4.22. The SMILES string of the molecule is Cc1nccc(C2CCN(C(=O)Nc3ccccc3C(F)(F)F)CC2)n1. The first-order valence-corrected chi connectivity index (χ1v) is 8.36. The Balaban J connectivity index is 1.63. The summed E-state index contributed by atoms with van der Waals surface area (Å²) in [6.45, 7) is 2.76. The van der Waals surface area contributed by atoms with Gasteiger partial charge in [-0.05, 0) is 38.0 Å². The molecule has 1 aliphatic heterocycles. The van der Waals surface area contributed by atoms with Gasteiger partial charge in [-0.15, -0.1) is 0 Å². The molecule has 138 valence electrons. The molecule has 3 rings (SSSR count). The van der Waals surface area contributed by atoms with Gasteiger partial charge in [-0.1, -0.05) is 12.1 Å². The number of amides is 2. The van der Waals surface area contributed by atoms with Crippen molar-refractivity contribution in [3.8, 4) is 0 Å². The molecule has 26 heavy (non-hydrogen) atoms. The highest BCUT2D eigenvalue weighted by Gasteiger charge is 2.34. The van der Waals surface area contributed by atoms with Gasteiger partial charge < -0.3 is 10.2 Å². The van der Waals surface area contributed by atoms with Crippen LogP contribution in [0.5, 0.6) is 0 Å². The van der Waals surface area contributed by atoms with Crippen molar-refractivity contribution in [3.05, 3.63) is 53.6 Å². The van der Waals surface area contributed by atoms with Gasteiger partial charge in [0.25, 0.3) is 0 Å². The van der Waals surface area contributed by atoms with Crippen molar-refractivity contribution >= 4 is 11.7 Å². The summed E-state index contributed by atoms with van der Waals surface area (Å²) in [5.74, 6) is 0.926. The second-order valence-electron chi connectivity index (χ2n) is 6.26. The Bertz CT molecular complexity index is 786. The van der Waals surface area contributed by atoms with Crippen LogP contribution in [0.1, 0.15) is 35.8 Å². The summed E-state index contributed by atoms with van der Waals surface area (Å²) in [5, 5.41) is 2.39. The molecular weight excluding hydrogens is 345 g/mol. The molecule has 1 aliphatic rings. The van der Waals surface area contributed by atoms with Crippen LogP contribution in [-0.2, 0) is 6.18 Å². The minimum absolute atomic E-state index is 0.224. The lowest BCUT2D eigenvalue weighted by atomic mass is 9.93. The van der Waals surface area contributed by atoms with Crippen LogP contribution in [0.3, 0.4) is 0 Å². The van der Waals surface area contributed by atoms with E-state index in [9.17, 15) is 18.0 Å². The number of piperidine rings is 1. The number of alkyl halides is 3. The van der Waals surface area contributed by atoms with Gasteiger partial charge in [-0.2, -0.15) is 13.2 Å². The summed E-state index contributed by atoms with van der Waals surface area (Å²) < 4.78 is 39.1. The van der Waals surface area contributed by atoms with E-state index < -0.39 is 17.8 Å². The zero-order chi connectivity index (χ0) is 18.7. The molecule has 2 aromatic rings. The molecule has 8 heteroatoms. The maximum absolute atomic E-state index is 13.0. The summed E-state index contributed by atoms with van der Waals surface area (Å²) in [6.07, 6.45) is -1.37. The summed E-state index contributed by atoms with van der Waals surface area (Å²) in [5.41, 5.74) is -0.127. The number of carbonyl (C=O) groups is 1. The van der Waals surface area contributed by atoms with E-state index in [1.54, 1.807) is 6.20 Å². The van der Waals surface area contributed by atoms with Gasteiger partial charge in [-0.25, -0.2) is 14.8 Å². The minimum atomic E-state index is -4.51. The van der Waals surface area contributed by atoms with Crippen LogP contribution in [0.25, 0.3) is 0 Å². The topological polar surface area (TPSA) is 58.1 Å². The predicted molar refractivity (Wildman–Crippen MR) is 90.8 cm³/mol. The first kappa shape index (κ1) is 18.2. The standard InChI is InChI=1S/C18H19F3N4O/c1-12-22-9-6-15(23-12)13-7-10-25(11-8-13)17(26)24-16-5-3-2-4-14(16)18(19,20)21/h2-6,9,13H,7-8,10-11H2,1H3,(H,24,26). The molecule has 0 unspecified atom stereocenters. The van der Waals surface area contributed by atoms with Crippen LogP contribution in [0.4, 0.5) is 23.7 Å². The number of urea groups is 1. The third kappa shape index (κ3) is 4.12. The number of para-hydroxylation sites is 1. The average Bonchev–Trinajstić information content (AvgIpc) is 2.61. The molecule has 1 aromatic carbocycles. The number of carbonyl (C=O) groups excluding carboxylic acids is 1. The largest absolute Gasteiger partial charge is 0.418 e. The van der Waals surface area contributed by atoms with E-state index in [1.807, 2.05) is 13.0 Å². The molecule has 0 saturated carbocycles. The lowest BCUT2D eigenvalue weighted by molar-refractivity contribution is -0.136. The number of nitrogens with one attached hydrogen (secondary N) is 1. The van der Waals surface area contributed by atoms with Crippen LogP contribution < -0.4 is 5.32 Å². The van der Waals surface area contributed by atoms with Crippen molar-refractivity contribution < 1.29 is 18.0 Å². The maximum Gasteiger partial charge on any atom is 0.418 e. The molecule has 0 bridgehead atoms. The number of halogens is 3. The van der Waals surface area contributed by atoms with Crippen molar-refractivity contribution in [2.45, 2.75) is 31.9 Å². The van der Waals surface area contributed by atoms with E-state index in [0.717, 1.165) is 11.8 Å². The third-order valence-corrected chi connectivity index (χ3v) is 4.47. The number of hydrogen-bond donors (Lipinski definition) is 1. The van der Waals surface area contributed by atoms with E-state index in [-0.39, 0.29) is 11.6 Å². The number of rotatable bonds is 2. The quantitative estimate of drug-likeness (QED) is 0.868. The summed E-state index contributed by atoms with van der Waals surface area (Å²) in [4.78, 5) is 22.4. The molecule has 1 aromatic heterocycles. The fourth-order valence-electron chi connectivity index (χ4n) is 3.11. The maximum atomic E-state index is 13.0. The highest BCUT2D eigenvalue weighted by molar-refractivity contribution is 5.90. The second kappa shape index (κ2) is 7.31. The molecule has 5 nitrogen and oxygen atoms in total.